The highest BCUT2D eigenvalue weighted by atomic mass is 16.5. The highest BCUT2D eigenvalue weighted by Gasteiger charge is 2.12. The predicted molar refractivity (Wildman–Crippen MR) is 95.1 cm³/mol. The van der Waals surface area contributed by atoms with Crippen molar-refractivity contribution in [2.75, 3.05) is 0 Å². The molecule has 1 aromatic heterocycles. The number of carbonyl (C=O) groups excluding carboxylic acids is 1. The first-order valence-electron chi connectivity index (χ1n) is 7.70. The number of esters is 1. The van der Waals surface area contributed by atoms with E-state index in [2.05, 4.69) is 4.98 Å². The molecule has 0 N–H and O–H groups in total. The summed E-state index contributed by atoms with van der Waals surface area (Å²) in [5, 5.41) is 0. The van der Waals surface area contributed by atoms with Crippen molar-refractivity contribution < 1.29 is 9.53 Å². The van der Waals surface area contributed by atoms with Crippen molar-refractivity contribution in [3.63, 3.8) is 0 Å². The molecule has 0 bridgehead atoms. The fourth-order valence-electron chi connectivity index (χ4n) is 2.29. The summed E-state index contributed by atoms with van der Waals surface area (Å²) in [6, 6.07) is 24.2. The van der Waals surface area contributed by atoms with Crippen LogP contribution >= 0.6 is 0 Å². The lowest BCUT2D eigenvalue weighted by molar-refractivity contribution is 0.0693. The minimum Gasteiger partial charge on any atom is -0.422 e. The summed E-state index contributed by atoms with van der Waals surface area (Å²) in [6.07, 6.45) is 1.78. The van der Waals surface area contributed by atoms with Crippen LogP contribution in [0.2, 0.25) is 0 Å². The van der Waals surface area contributed by atoms with Gasteiger partial charge in [-0.05, 0) is 31.2 Å². The molecule has 2 aromatic carbocycles. The first-order chi connectivity index (χ1) is 11.7. The smallest absolute Gasteiger partial charge is 0.343 e. The molecule has 0 fully saturated rings. The molecule has 0 aliphatic carbocycles. The molecule has 0 unspecified atom stereocenters. The largest absolute Gasteiger partial charge is 0.422 e. The van der Waals surface area contributed by atoms with Crippen LogP contribution in [0.4, 0.5) is 0 Å². The van der Waals surface area contributed by atoms with E-state index >= 15 is 0 Å². The topological polar surface area (TPSA) is 39.2 Å². The molecule has 3 rings (SSSR count). The standard InChI is InChI=1S/C21H17NO2/c1-16-9-8-14-19(22-16)15-20(17-10-4-2-5-11-17)24-21(23)18-12-6-3-7-13-18/h2-15H,1H3. The zero-order valence-electron chi connectivity index (χ0n) is 13.3. The van der Waals surface area contributed by atoms with E-state index in [1.54, 1.807) is 18.2 Å². The number of nitrogens with zero attached hydrogens (tertiary/aromatic N) is 1. The summed E-state index contributed by atoms with van der Waals surface area (Å²) < 4.78 is 5.65. The molecule has 3 aromatic rings. The van der Waals surface area contributed by atoms with E-state index in [1.807, 2.05) is 73.7 Å². The lowest BCUT2D eigenvalue weighted by Gasteiger charge is -2.09. The molecule has 0 spiro atoms. The molecule has 0 atom stereocenters. The van der Waals surface area contributed by atoms with Crippen molar-refractivity contribution in [2.24, 2.45) is 0 Å². The Morgan fingerprint density at radius 3 is 2.08 bits per heavy atom. The Balaban J connectivity index is 1.95. The third kappa shape index (κ3) is 3.96. The van der Waals surface area contributed by atoms with Crippen LogP contribution in [-0.2, 0) is 4.74 Å². The summed E-state index contributed by atoms with van der Waals surface area (Å²) in [5.74, 6) is 0.0842. The number of hydrogen-bond acceptors (Lipinski definition) is 3. The van der Waals surface area contributed by atoms with Gasteiger partial charge in [0.25, 0.3) is 0 Å². The Kier molecular flexibility index (Phi) is 4.82. The van der Waals surface area contributed by atoms with Crippen molar-refractivity contribution >= 4 is 17.8 Å². The van der Waals surface area contributed by atoms with E-state index < -0.39 is 5.97 Å². The molecule has 0 radical (unpaired) electrons. The van der Waals surface area contributed by atoms with E-state index in [1.165, 1.54) is 0 Å². The van der Waals surface area contributed by atoms with Gasteiger partial charge in [-0.1, -0.05) is 54.6 Å². The molecule has 24 heavy (non-hydrogen) atoms. The van der Waals surface area contributed by atoms with Gasteiger partial charge in [0, 0.05) is 17.3 Å². The Morgan fingerprint density at radius 2 is 1.46 bits per heavy atom. The van der Waals surface area contributed by atoms with E-state index in [-0.39, 0.29) is 0 Å². The molecule has 0 aliphatic heterocycles. The highest BCUT2D eigenvalue weighted by molar-refractivity contribution is 5.95. The second kappa shape index (κ2) is 7.38. The monoisotopic (exact) mass is 315 g/mol. The van der Waals surface area contributed by atoms with Gasteiger partial charge in [0.05, 0.1) is 11.3 Å². The maximum absolute atomic E-state index is 12.4. The normalized spacial score (nSPS) is 11.1. The fourth-order valence-corrected chi connectivity index (χ4v) is 2.29. The lowest BCUT2D eigenvalue weighted by atomic mass is 10.1. The van der Waals surface area contributed by atoms with E-state index in [4.69, 9.17) is 4.74 Å². The summed E-state index contributed by atoms with van der Waals surface area (Å²) in [6.45, 7) is 1.93. The van der Waals surface area contributed by atoms with Crippen molar-refractivity contribution in [3.8, 4) is 0 Å². The van der Waals surface area contributed by atoms with Crippen LogP contribution in [0.15, 0.2) is 78.9 Å². The lowest BCUT2D eigenvalue weighted by Crippen LogP contribution is -2.04. The Labute approximate surface area is 141 Å². The number of ether oxygens (including phenoxy) is 1. The SMILES string of the molecule is Cc1cccc(C=C(OC(=O)c2ccccc2)c2ccccc2)n1. The Morgan fingerprint density at radius 1 is 0.833 bits per heavy atom. The van der Waals surface area contributed by atoms with E-state index in [9.17, 15) is 4.79 Å². The second-order valence-electron chi connectivity index (χ2n) is 5.33. The summed E-state index contributed by atoms with van der Waals surface area (Å²) in [5.41, 5.74) is 2.99. The van der Waals surface area contributed by atoms with Gasteiger partial charge in [-0.3, -0.25) is 4.98 Å². The molecule has 3 nitrogen and oxygen atoms in total. The van der Waals surface area contributed by atoms with Crippen molar-refractivity contribution in [1.82, 2.24) is 4.98 Å². The molecule has 1 heterocycles. The van der Waals surface area contributed by atoms with Crippen molar-refractivity contribution in [2.45, 2.75) is 6.92 Å². The van der Waals surface area contributed by atoms with Crippen LogP contribution < -0.4 is 0 Å². The number of aromatic nitrogens is 1. The average Bonchev–Trinajstić information content (AvgIpc) is 2.63. The summed E-state index contributed by atoms with van der Waals surface area (Å²) in [7, 11) is 0. The summed E-state index contributed by atoms with van der Waals surface area (Å²) in [4.78, 5) is 16.9. The predicted octanol–water partition coefficient (Wildman–Crippen LogP) is 4.75. The number of hydrogen-bond donors (Lipinski definition) is 0. The van der Waals surface area contributed by atoms with Crippen LogP contribution in [-0.4, -0.2) is 11.0 Å². The third-order valence-corrected chi connectivity index (χ3v) is 3.46. The van der Waals surface area contributed by atoms with Gasteiger partial charge in [-0.25, -0.2) is 4.79 Å². The van der Waals surface area contributed by atoms with Crippen LogP contribution in [0.25, 0.3) is 11.8 Å². The van der Waals surface area contributed by atoms with Crippen LogP contribution in [0.5, 0.6) is 0 Å². The zero-order valence-corrected chi connectivity index (χ0v) is 13.3. The van der Waals surface area contributed by atoms with Crippen LogP contribution in [0.1, 0.15) is 27.3 Å². The molecule has 3 heteroatoms. The molecule has 0 saturated carbocycles. The Hall–Kier alpha value is -3.20. The van der Waals surface area contributed by atoms with E-state index in [0.717, 1.165) is 17.0 Å². The fraction of sp³-hybridized carbons (Fsp3) is 0.0476. The minimum atomic E-state index is -0.390. The molecule has 0 aliphatic rings. The first-order valence-corrected chi connectivity index (χ1v) is 7.70. The Bertz CT molecular complexity index is 855. The zero-order chi connectivity index (χ0) is 16.8. The number of carbonyl (C=O) groups is 1. The number of benzene rings is 2. The molecular formula is C21H17NO2. The number of aryl methyl sites for hydroxylation is 1. The van der Waals surface area contributed by atoms with Gasteiger partial charge < -0.3 is 4.74 Å². The molecule has 0 saturated heterocycles. The van der Waals surface area contributed by atoms with Gasteiger partial charge in [0.15, 0.2) is 0 Å². The highest BCUT2D eigenvalue weighted by Crippen LogP contribution is 2.20. The summed E-state index contributed by atoms with van der Waals surface area (Å²) >= 11 is 0. The van der Waals surface area contributed by atoms with Gasteiger partial charge >= 0.3 is 5.97 Å². The quantitative estimate of drug-likeness (QED) is 0.515. The maximum Gasteiger partial charge on any atom is 0.343 e. The van der Waals surface area contributed by atoms with Gasteiger partial charge in [-0.15, -0.1) is 0 Å². The van der Waals surface area contributed by atoms with Crippen LogP contribution in [0.3, 0.4) is 0 Å². The molecular weight excluding hydrogens is 298 g/mol. The number of pyridine rings is 1. The van der Waals surface area contributed by atoms with Gasteiger partial charge in [0.2, 0.25) is 0 Å². The van der Waals surface area contributed by atoms with E-state index in [0.29, 0.717) is 11.3 Å². The van der Waals surface area contributed by atoms with Crippen molar-refractivity contribution in [1.29, 1.82) is 0 Å². The molecule has 0 amide bonds. The maximum atomic E-state index is 12.4. The average molecular weight is 315 g/mol. The van der Waals surface area contributed by atoms with Crippen molar-refractivity contribution in [3.05, 3.63) is 101 Å². The van der Waals surface area contributed by atoms with Gasteiger partial charge in [-0.2, -0.15) is 0 Å². The second-order valence-corrected chi connectivity index (χ2v) is 5.33. The third-order valence-electron chi connectivity index (χ3n) is 3.46. The minimum absolute atomic E-state index is 0.390. The van der Waals surface area contributed by atoms with Crippen LogP contribution in [0, 0.1) is 6.92 Å². The first kappa shape index (κ1) is 15.7. The van der Waals surface area contributed by atoms with Gasteiger partial charge in [0.1, 0.15) is 5.76 Å². The number of rotatable bonds is 4. The molecule has 118 valence electrons.